The molecule has 1 aromatic rings. The van der Waals surface area contributed by atoms with Gasteiger partial charge in [-0.3, -0.25) is 14.4 Å². The SMILES string of the molecule is CC(C)[C@H](CC(=O)OC(C)(C)C)C(=O)N[C@@H](CCCNC(N)=O)C(=O)Cc1ccc(CO)cc1. The number of hydrogen-bond acceptors (Lipinski definition) is 6. The smallest absolute Gasteiger partial charge is 0.312 e. The van der Waals surface area contributed by atoms with Crippen LogP contribution in [0.25, 0.3) is 0 Å². The highest BCUT2D eigenvalue weighted by Gasteiger charge is 2.30. The van der Waals surface area contributed by atoms with Gasteiger partial charge in [0.2, 0.25) is 5.91 Å². The molecule has 0 aliphatic heterocycles. The molecular formula is C25H39N3O6. The maximum atomic E-state index is 13.1. The molecule has 5 N–H and O–H groups in total. The zero-order valence-electron chi connectivity index (χ0n) is 20.8. The van der Waals surface area contributed by atoms with Crippen molar-refractivity contribution in [2.75, 3.05) is 6.54 Å². The molecule has 9 nitrogen and oxygen atoms in total. The molecule has 1 rings (SSSR count). The summed E-state index contributed by atoms with van der Waals surface area (Å²) in [6.45, 7) is 9.14. The van der Waals surface area contributed by atoms with Gasteiger partial charge < -0.3 is 26.2 Å². The average molecular weight is 478 g/mol. The fraction of sp³-hybridized carbons (Fsp3) is 0.600. The molecule has 0 saturated carbocycles. The summed E-state index contributed by atoms with van der Waals surface area (Å²) in [5.41, 5.74) is 5.92. The summed E-state index contributed by atoms with van der Waals surface area (Å²) in [6, 6.07) is 5.55. The number of aliphatic hydroxyl groups excluding tert-OH is 1. The number of Topliss-reactive ketones (excluding diaryl/α,β-unsaturated/α-hetero) is 1. The number of hydrogen-bond donors (Lipinski definition) is 4. The van der Waals surface area contributed by atoms with Crippen molar-refractivity contribution in [2.45, 2.75) is 78.6 Å². The molecule has 3 amide bonds. The molecule has 1 aromatic carbocycles. The lowest BCUT2D eigenvalue weighted by Crippen LogP contribution is -2.46. The molecular weight excluding hydrogens is 438 g/mol. The minimum Gasteiger partial charge on any atom is -0.460 e. The van der Waals surface area contributed by atoms with Gasteiger partial charge in [0, 0.05) is 13.0 Å². The lowest BCUT2D eigenvalue weighted by molar-refractivity contribution is -0.158. The van der Waals surface area contributed by atoms with Crippen LogP contribution in [-0.2, 0) is 32.1 Å². The van der Waals surface area contributed by atoms with Crippen LogP contribution in [0.15, 0.2) is 24.3 Å². The molecule has 0 saturated heterocycles. The first-order chi connectivity index (χ1) is 15.8. The van der Waals surface area contributed by atoms with Crippen molar-refractivity contribution < 1.29 is 29.0 Å². The Morgan fingerprint density at radius 2 is 1.65 bits per heavy atom. The standard InChI is InChI=1S/C25H39N3O6/c1-16(2)19(14-22(31)34-25(3,4)5)23(32)28-20(7-6-12-27-24(26)33)21(30)13-17-8-10-18(15-29)11-9-17/h8-11,16,19-20,29H,6-7,12-15H2,1-5H3,(H,28,32)(H3,26,27,33)/t19-,20-/m0/s1. The number of ether oxygens (including phenoxy) is 1. The fourth-order valence-corrected chi connectivity index (χ4v) is 3.39. The number of nitrogens with one attached hydrogen (secondary N) is 2. The van der Waals surface area contributed by atoms with Crippen molar-refractivity contribution in [3.63, 3.8) is 0 Å². The highest BCUT2D eigenvalue weighted by molar-refractivity contribution is 5.92. The van der Waals surface area contributed by atoms with Crippen LogP contribution in [0.1, 0.15) is 65.0 Å². The first-order valence-electron chi connectivity index (χ1n) is 11.6. The fourth-order valence-electron chi connectivity index (χ4n) is 3.39. The van der Waals surface area contributed by atoms with Crippen LogP contribution < -0.4 is 16.4 Å². The molecule has 0 spiro atoms. The summed E-state index contributed by atoms with van der Waals surface area (Å²) in [6.07, 6.45) is 0.740. The number of carbonyl (C=O) groups is 4. The van der Waals surface area contributed by atoms with E-state index in [2.05, 4.69) is 10.6 Å². The van der Waals surface area contributed by atoms with Crippen molar-refractivity contribution in [2.24, 2.45) is 17.6 Å². The third-order valence-electron chi connectivity index (χ3n) is 5.21. The van der Waals surface area contributed by atoms with E-state index in [0.29, 0.717) is 12.8 Å². The molecule has 34 heavy (non-hydrogen) atoms. The number of rotatable bonds is 13. The number of benzene rings is 1. The molecule has 0 fully saturated rings. The van der Waals surface area contributed by atoms with Crippen molar-refractivity contribution in [3.8, 4) is 0 Å². The van der Waals surface area contributed by atoms with Crippen LogP contribution in [0.4, 0.5) is 4.79 Å². The van der Waals surface area contributed by atoms with Gasteiger partial charge in [0.25, 0.3) is 0 Å². The van der Waals surface area contributed by atoms with Gasteiger partial charge in [-0.15, -0.1) is 0 Å². The Kier molecular flexibility index (Phi) is 11.7. The third-order valence-corrected chi connectivity index (χ3v) is 5.21. The number of carbonyl (C=O) groups excluding carboxylic acids is 4. The highest BCUT2D eigenvalue weighted by atomic mass is 16.6. The van der Waals surface area contributed by atoms with E-state index in [-0.39, 0.29) is 37.7 Å². The lowest BCUT2D eigenvalue weighted by atomic mass is 9.90. The van der Waals surface area contributed by atoms with Gasteiger partial charge in [-0.05, 0) is 50.7 Å². The van der Waals surface area contributed by atoms with Crippen molar-refractivity contribution >= 4 is 23.7 Å². The average Bonchev–Trinajstić information content (AvgIpc) is 2.72. The maximum Gasteiger partial charge on any atom is 0.312 e. The summed E-state index contributed by atoms with van der Waals surface area (Å²) < 4.78 is 5.36. The molecule has 0 bridgehead atoms. The number of esters is 1. The minimum absolute atomic E-state index is 0.0893. The Morgan fingerprint density at radius 1 is 1.06 bits per heavy atom. The van der Waals surface area contributed by atoms with E-state index >= 15 is 0 Å². The predicted octanol–water partition coefficient (Wildman–Crippen LogP) is 2.23. The monoisotopic (exact) mass is 477 g/mol. The van der Waals surface area contributed by atoms with Crippen LogP contribution in [0.5, 0.6) is 0 Å². The van der Waals surface area contributed by atoms with Gasteiger partial charge >= 0.3 is 12.0 Å². The van der Waals surface area contributed by atoms with E-state index in [9.17, 15) is 24.3 Å². The summed E-state index contributed by atoms with van der Waals surface area (Å²) in [5, 5.41) is 14.5. The van der Waals surface area contributed by atoms with Crippen LogP contribution in [0.2, 0.25) is 0 Å². The van der Waals surface area contributed by atoms with Gasteiger partial charge in [-0.1, -0.05) is 38.1 Å². The molecule has 2 atom stereocenters. The number of ketones is 1. The van der Waals surface area contributed by atoms with Crippen molar-refractivity contribution in [3.05, 3.63) is 35.4 Å². The van der Waals surface area contributed by atoms with E-state index in [4.69, 9.17) is 10.5 Å². The predicted molar refractivity (Wildman–Crippen MR) is 129 cm³/mol. The van der Waals surface area contributed by atoms with Gasteiger partial charge in [0.15, 0.2) is 5.78 Å². The van der Waals surface area contributed by atoms with Crippen molar-refractivity contribution in [1.82, 2.24) is 10.6 Å². The Balaban J connectivity index is 2.92. The van der Waals surface area contributed by atoms with Crippen LogP contribution >= 0.6 is 0 Å². The van der Waals surface area contributed by atoms with Crippen LogP contribution in [0.3, 0.4) is 0 Å². The van der Waals surface area contributed by atoms with Gasteiger partial charge in [-0.25, -0.2) is 4.79 Å². The first-order valence-corrected chi connectivity index (χ1v) is 11.6. The lowest BCUT2D eigenvalue weighted by Gasteiger charge is -2.26. The topological polar surface area (TPSA) is 148 Å². The number of urea groups is 1. The third kappa shape index (κ3) is 11.3. The molecule has 9 heteroatoms. The van der Waals surface area contributed by atoms with E-state index < -0.39 is 35.5 Å². The second-order valence-corrected chi connectivity index (χ2v) is 9.75. The molecule has 0 aliphatic carbocycles. The van der Waals surface area contributed by atoms with Crippen LogP contribution in [-0.4, -0.2) is 47.0 Å². The van der Waals surface area contributed by atoms with Gasteiger partial charge in [-0.2, -0.15) is 0 Å². The summed E-state index contributed by atoms with van der Waals surface area (Å²) in [4.78, 5) is 49.4. The molecule has 190 valence electrons. The normalized spacial score (nSPS) is 13.1. The van der Waals surface area contributed by atoms with Crippen LogP contribution in [0, 0.1) is 11.8 Å². The summed E-state index contributed by atoms with van der Waals surface area (Å²) >= 11 is 0. The molecule has 0 heterocycles. The highest BCUT2D eigenvalue weighted by Crippen LogP contribution is 2.20. The number of primary amides is 1. The second kappa shape index (κ2) is 13.7. The quantitative estimate of drug-likeness (QED) is 0.253. The molecule has 0 aliphatic rings. The summed E-state index contributed by atoms with van der Waals surface area (Å²) in [7, 11) is 0. The zero-order chi connectivity index (χ0) is 25.9. The number of aliphatic hydroxyl groups is 1. The maximum absolute atomic E-state index is 13.1. The molecule has 0 unspecified atom stereocenters. The van der Waals surface area contributed by atoms with E-state index in [1.54, 1.807) is 45.0 Å². The number of nitrogens with two attached hydrogens (primary N) is 1. The Hall–Kier alpha value is -2.94. The molecule has 0 radical (unpaired) electrons. The summed E-state index contributed by atoms with van der Waals surface area (Å²) in [5.74, 6) is -1.86. The van der Waals surface area contributed by atoms with Gasteiger partial charge in [0.1, 0.15) is 5.60 Å². The second-order valence-electron chi connectivity index (χ2n) is 9.75. The largest absolute Gasteiger partial charge is 0.460 e. The van der Waals surface area contributed by atoms with Gasteiger partial charge in [0.05, 0.1) is 25.0 Å². The first kappa shape index (κ1) is 29.1. The van der Waals surface area contributed by atoms with E-state index in [1.165, 1.54) is 0 Å². The Labute approximate surface area is 201 Å². The van der Waals surface area contributed by atoms with Crippen molar-refractivity contribution in [1.29, 1.82) is 0 Å². The van der Waals surface area contributed by atoms with E-state index in [0.717, 1.165) is 11.1 Å². The van der Waals surface area contributed by atoms with E-state index in [1.807, 2.05) is 13.8 Å². The zero-order valence-corrected chi connectivity index (χ0v) is 20.8. The molecule has 0 aromatic heterocycles. The number of amides is 3. The Morgan fingerprint density at radius 3 is 2.15 bits per heavy atom. The minimum atomic E-state index is -0.792. The Bertz CT molecular complexity index is 830.